The summed E-state index contributed by atoms with van der Waals surface area (Å²) in [5, 5.41) is 8.85. The highest BCUT2D eigenvalue weighted by Gasteiger charge is 2.26. The lowest BCUT2D eigenvalue weighted by molar-refractivity contribution is 0.110. The standard InChI is InChI=1S/C14H22BrN3OS/c1-3-11(17)14(12-5-6-13(15)20-12)18(8-4-7-16)9-10-19-2/h5-6,11,14H,3-4,8-10,17H2,1-2H3. The molecule has 0 spiro atoms. The number of hydrogen-bond donors (Lipinski definition) is 1. The molecule has 0 aromatic carbocycles. The Kier molecular flexibility index (Phi) is 8.34. The van der Waals surface area contributed by atoms with Crippen molar-refractivity contribution in [1.29, 1.82) is 5.26 Å². The van der Waals surface area contributed by atoms with Gasteiger partial charge in [0.05, 0.1) is 22.5 Å². The number of nitrogens with two attached hydrogens (primary N) is 1. The van der Waals surface area contributed by atoms with Gasteiger partial charge in [-0.15, -0.1) is 11.3 Å². The number of ether oxygens (including phenoxy) is 1. The molecule has 0 amide bonds. The van der Waals surface area contributed by atoms with Crippen LogP contribution in [0.4, 0.5) is 0 Å². The molecule has 0 saturated carbocycles. The zero-order valence-corrected chi connectivity index (χ0v) is 14.4. The SMILES string of the molecule is CCC(N)C(c1ccc(Br)s1)N(CCC#N)CCOC. The van der Waals surface area contributed by atoms with Crippen LogP contribution in [-0.4, -0.2) is 37.7 Å². The molecule has 1 aromatic rings. The molecule has 20 heavy (non-hydrogen) atoms. The molecule has 1 heterocycles. The molecule has 1 aromatic heterocycles. The van der Waals surface area contributed by atoms with E-state index >= 15 is 0 Å². The average molecular weight is 360 g/mol. The molecule has 6 heteroatoms. The van der Waals surface area contributed by atoms with Crippen LogP contribution in [0.25, 0.3) is 0 Å². The maximum Gasteiger partial charge on any atom is 0.0702 e. The Morgan fingerprint density at radius 2 is 2.25 bits per heavy atom. The van der Waals surface area contributed by atoms with E-state index in [1.54, 1.807) is 18.4 Å². The van der Waals surface area contributed by atoms with E-state index < -0.39 is 0 Å². The van der Waals surface area contributed by atoms with Crippen molar-refractivity contribution >= 4 is 27.3 Å². The zero-order chi connectivity index (χ0) is 15.0. The van der Waals surface area contributed by atoms with Crippen molar-refractivity contribution in [3.63, 3.8) is 0 Å². The monoisotopic (exact) mass is 359 g/mol. The lowest BCUT2D eigenvalue weighted by Crippen LogP contribution is -2.42. The highest BCUT2D eigenvalue weighted by Crippen LogP contribution is 2.33. The molecule has 2 atom stereocenters. The number of thiophene rings is 1. The van der Waals surface area contributed by atoms with Crippen molar-refractivity contribution in [2.75, 3.05) is 26.8 Å². The molecular formula is C14H22BrN3OS. The van der Waals surface area contributed by atoms with E-state index in [0.717, 1.165) is 16.8 Å². The van der Waals surface area contributed by atoms with Crippen LogP contribution in [0.1, 0.15) is 30.7 Å². The summed E-state index contributed by atoms with van der Waals surface area (Å²) in [4.78, 5) is 3.50. The highest BCUT2D eigenvalue weighted by molar-refractivity contribution is 9.11. The third-order valence-electron chi connectivity index (χ3n) is 3.25. The van der Waals surface area contributed by atoms with Crippen molar-refractivity contribution in [2.24, 2.45) is 5.73 Å². The van der Waals surface area contributed by atoms with E-state index in [1.165, 1.54) is 4.88 Å². The van der Waals surface area contributed by atoms with Crippen LogP contribution in [0.5, 0.6) is 0 Å². The summed E-state index contributed by atoms with van der Waals surface area (Å²) >= 11 is 5.21. The Hall–Kier alpha value is -0.450. The van der Waals surface area contributed by atoms with Gasteiger partial charge < -0.3 is 10.5 Å². The molecule has 1 rings (SSSR count). The van der Waals surface area contributed by atoms with E-state index in [-0.39, 0.29) is 12.1 Å². The molecule has 2 unspecified atom stereocenters. The zero-order valence-electron chi connectivity index (χ0n) is 12.0. The van der Waals surface area contributed by atoms with Gasteiger partial charge in [0.25, 0.3) is 0 Å². The smallest absolute Gasteiger partial charge is 0.0702 e. The minimum atomic E-state index is 0.0519. The third-order valence-corrected chi connectivity index (χ3v) is 4.94. The van der Waals surface area contributed by atoms with E-state index in [0.29, 0.717) is 19.6 Å². The summed E-state index contributed by atoms with van der Waals surface area (Å²) in [6, 6.07) is 6.57. The van der Waals surface area contributed by atoms with Crippen LogP contribution < -0.4 is 5.73 Å². The lowest BCUT2D eigenvalue weighted by Gasteiger charge is -2.34. The molecule has 112 valence electrons. The first kappa shape index (κ1) is 17.6. The van der Waals surface area contributed by atoms with Crippen molar-refractivity contribution in [3.05, 3.63) is 20.8 Å². The van der Waals surface area contributed by atoms with Crippen LogP contribution in [0, 0.1) is 11.3 Å². The Balaban J connectivity index is 2.94. The summed E-state index contributed by atoms with van der Waals surface area (Å²) in [6.07, 6.45) is 1.40. The minimum Gasteiger partial charge on any atom is -0.383 e. The summed E-state index contributed by atoms with van der Waals surface area (Å²) in [6.45, 7) is 4.24. The van der Waals surface area contributed by atoms with Gasteiger partial charge in [0, 0.05) is 37.5 Å². The molecule has 0 saturated heterocycles. The second-order valence-corrected chi connectivity index (χ2v) is 7.09. The molecule has 4 nitrogen and oxygen atoms in total. The third kappa shape index (κ3) is 5.15. The van der Waals surface area contributed by atoms with Crippen LogP contribution in [0.3, 0.4) is 0 Å². The molecule has 0 radical (unpaired) electrons. The van der Waals surface area contributed by atoms with E-state index in [4.69, 9.17) is 15.7 Å². The molecule has 2 N–H and O–H groups in total. The molecule has 0 bridgehead atoms. The van der Waals surface area contributed by atoms with Gasteiger partial charge in [-0.25, -0.2) is 0 Å². The fourth-order valence-corrected chi connectivity index (χ4v) is 3.80. The molecular weight excluding hydrogens is 338 g/mol. The average Bonchev–Trinajstić information content (AvgIpc) is 2.87. The summed E-state index contributed by atoms with van der Waals surface area (Å²) in [5.41, 5.74) is 6.33. The van der Waals surface area contributed by atoms with Crippen LogP contribution in [0.15, 0.2) is 15.9 Å². The largest absolute Gasteiger partial charge is 0.383 e. The second kappa shape index (κ2) is 9.48. The van der Waals surface area contributed by atoms with Gasteiger partial charge in [0.1, 0.15) is 0 Å². The van der Waals surface area contributed by atoms with E-state index in [9.17, 15) is 0 Å². The lowest BCUT2D eigenvalue weighted by atomic mass is 10.0. The van der Waals surface area contributed by atoms with Gasteiger partial charge in [0.2, 0.25) is 0 Å². The summed E-state index contributed by atoms with van der Waals surface area (Å²) < 4.78 is 6.29. The van der Waals surface area contributed by atoms with Crippen molar-refractivity contribution in [1.82, 2.24) is 4.90 Å². The predicted octanol–water partition coefficient (Wildman–Crippen LogP) is 3.15. The fraction of sp³-hybridized carbons (Fsp3) is 0.643. The number of rotatable bonds is 9. The van der Waals surface area contributed by atoms with E-state index in [1.807, 2.05) is 6.07 Å². The Bertz CT molecular complexity index is 432. The van der Waals surface area contributed by atoms with Crippen LogP contribution in [-0.2, 0) is 4.74 Å². The van der Waals surface area contributed by atoms with Gasteiger partial charge in [-0.1, -0.05) is 6.92 Å². The van der Waals surface area contributed by atoms with Gasteiger partial charge >= 0.3 is 0 Å². The first-order chi connectivity index (χ1) is 9.63. The number of nitrogens with zero attached hydrogens (tertiary/aromatic N) is 2. The van der Waals surface area contributed by atoms with Crippen molar-refractivity contribution in [2.45, 2.75) is 31.8 Å². The summed E-state index contributed by atoms with van der Waals surface area (Å²) in [7, 11) is 1.69. The Morgan fingerprint density at radius 3 is 2.75 bits per heavy atom. The topological polar surface area (TPSA) is 62.3 Å². The minimum absolute atomic E-state index is 0.0519. The number of hydrogen-bond acceptors (Lipinski definition) is 5. The molecule has 0 aliphatic rings. The summed E-state index contributed by atoms with van der Waals surface area (Å²) in [5.74, 6) is 0. The van der Waals surface area contributed by atoms with Crippen LogP contribution in [0.2, 0.25) is 0 Å². The molecule has 0 aliphatic carbocycles. The van der Waals surface area contributed by atoms with Crippen LogP contribution >= 0.6 is 27.3 Å². The normalized spacial score (nSPS) is 14.2. The maximum absolute atomic E-state index is 8.85. The maximum atomic E-state index is 8.85. The highest BCUT2D eigenvalue weighted by atomic mass is 79.9. The second-order valence-electron chi connectivity index (χ2n) is 4.60. The Labute approximate surface area is 133 Å². The first-order valence-corrected chi connectivity index (χ1v) is 8.35. The van der Waals surface area contributed by atoms with Gasteiger partial charge in [-0.2, -0.15) is 5.26 Å². The number of halogens is 1. The van der Waals surface area contributed by atoms with E-state index in [2.05, 4.69) is 39.9 Å². The van der Waals surface area contributed by atoms with Gasteiger partial charge in [-0.05, 0) is 34.5 Å². The molecule has 0 aliphatic heterocycles. The van der Waals surface area contributed by atoms with Gasteiger partial charge in [0.15, 0.2) is 0 Å². The fourth-order valence-electron chi connectivity index (χ4n) is 2.16. The Morgan fingerprint density at radius 1 is 1.50 bits per heavy atom. The molecule has 0 fully saturated rings. The number of methoxy groups -OCH3 is 1. The van der Waals surface area contributed by atoms with Gasteiger partial charge in [-0.3, -0.25) is 4.90 Å². The predicted molar refractivity (Wildman–Crippen MR) is 86.7 cm³/mol. The number of nitriles is 1. The van der Waals surface area contributed by atoms with Crippen molar-refractivity contribution < 1.29 is 4.74 Å². The quantitative estimate of drug-likeness (QED) is 0.735. The van der Waals surface area contributed by atoms with Crippen molar-refractivity contribution in [3.8, 4) is 6.07 Å². The first-order valence-electron chi connectivity index (χ1n) is 6.74.